The average molecular weight is 465 g/mol. The average Bonchev–Trinajstić information content (AvgIpc) is 3.21. The first-order valence-electron chi connectivity index (χ1n) is 12.6. The fourth-order valence-electron chi connectivity index (χ4n) is 6.89. The molecule has 0 N–H and O–H groups in total. The van der Waals surface area contributed by atoms with Gasteiger partial charge in [0.15, 0.2) is 0 Å². The van der Waals surface area contributed by atoms with Crippen LogP contribution >= 0.6 is 0 Å². The van der Waals surface area contributed by atoms with Gasteiger partial charge in [-0.2, -0.15) is 0 Å². The lowest BCUT2D eigenvalue weighted by molar-refractivity contribution is -0.0241. The Labute approximate surface area is 207 Å². The topological polar surface area (TPSA) is 35.5 Å². The third kappa shape index (κ3) is 3.14. The molecule has 2 aliphatic carbocycles. The van der Waals surface area contributed by atoms with E-state index in [0.29, 0.717) is 11.5 Å². The van der Waals surface area contributed by atoms with E-state index in [1.54, 1.807) is 7.11 Å². The minimum absolute atomic E-state index is 0.0153. The SMILES string of the molecule is COc1ccc2ccccc2c1-c1c(C(=O)O[C@H]2C[C@@H]3CC[C@@]2(C)C3(C)C)ccc2ccccc12. The van der Waals surface area contributed by atoms with E-state index in [1.807, 2.05) is 42.5 Å². The first kappa shape index (κ1) is 22.2. The predicted octanol–water partition coefficient (Wildman–Crippen LogP) is 8.04. The predicted molar refractivity (Wildman–Crippen MR) is 142 cm³/mol. The number of methoxy groups -OCH3 is 1. The van der Waals surface area contributed by atoms with Gasteiger partial charge in [0, 0.05) is 16.5 Å². The number of esters is 1. The van der Waals surface area contributed by atoms with Crippen LogP contribution in [0.15, 0.2) is 72.8 Å². The molecule has 2 bridgehead atoms. The molecule has 0 unspecified atom stereocenters. The lowest BCUT2D eigenvalue weighted by Crippen LogP contribution is -2.38. The molecule has 0 saturated heterocycles. The molecular weight excluding hydrogens is 432 g/mol. The second kappa shape index (κ2) is 7.84. The highest BCUT2D eigenvalue weighted by atomic mass is 16.5. The smallest absolute Gasteiger partial charge is 0.339 e. The van der Waals surface area contributed by atoms with Gasteiger partial charge >= 0.3 is 5.97 Å². The van der Waals surface area contributed by atoms with Gasteiger partial charge in [0.2, 0.25) is 0 Å². The third-order valence-electron chi connectivity index (χ3n) is 9.47. The molecule has 0 amide bonds. The highest BCUT2D eigenvalue weighted by molar-refractivity contribution is 6.14. The van der Waals surface area contributed by atoms with Crippen molar-refractivity contribution < 1.29 is 14.3 Å². The summed E-state index contributed by atoms with van der Waals surface area (Å²) in [6.07, 6.45) is 3.24. The van der Waals surface area contributed by atoms with E-state index in [0.717, 1.165) is 51.3 Å². The van der Waals surface area contributed by atoms with Crippen LogP contribution < -0.4 is 4.74 Å². The zero-order chi connectivity index (χ0) is 24.4. The van der Waals surface area contributed by atoms with Crippen molar-refractivity contribution in [1.29, 1.82) is 0 Å². The summed E-state index contributed by atoms with van der Waals surface area (Å²) in [4.78, 5) is 13.9. The Balaban J connectivity index is 1.54. The zero-order valence-electron chi connectivity index (χ0n) is 20.9. The van der Waals surface area contributed by atoms with Crippen LogP contribution in [0.5, 0.6) is 5.75 Å². The zero-order valence-corrected chi connectivity index (χ0v) is 20.9. The van der Waals surface area contributed by atoms with Crippen LogP contribution in [-0.2, 0) is 4.74 Å². The fraction of sp³-hybridized carbons (Fsp3) is 0.344. The maximum absolute atomic E-state index is 13.9. The van der Waals surface area contributed by atoms with Crippen molar-refractivity contribution in [3.05, 3.63) is 78.4 Å². The first-order chi connectivity index (χ1) is 16.8. The molecule has 0 spiro atoms. The second-order valence-electron chi connectivity index (χ2n) is 11.1. The maximum atomic E-state index is 13.9. The van der Waals surface area contributed by atoms with E-state index in [1.165, 1.54) is 6.42 Å². The molecule has 2 saturated carbocycles. The summed E-state index contributed by atoms with van der Waals surface area (Å²) >= 11 is 0. The standard InChI is InChI=1S/C32H32O3/c1-31(2)22-17-18-32(31,3)27(19-22)35-30(33)25-15-13-20-9-5-7-11-23(20)28(25)29-24-12-8-6-10-21(24)14-16-26(29)34-4/h5-16,22,27H,17-19H2,1-4H3/t22-,27-,32+/m0/s1. The molecule has 0 radical (unpaired) electrons. The van der Waals surface area contributed by atoms with Crippen LogP contribution in [0.3, 0.4) is 0 Å². The lowest BCUT2D eigenvalue weighted by Gasteiger charge is -2.38. The maximum Gasteiger partial charge on any atom is 0.339 e. The molecule has 6 rings (SSSR count). The molecule has 4 aromatic carbocycles. The van der Waals surface area contributed by atoms with Crippen molar-refractivity contribution in [3.63, 3.8) is 0 Å². The van der Waals surface area contributed by atoms with Gasteiger partial charge in [-0.25, -0.2) is 4.79 Å². The van der Waals surface area contributed by atoms with Crippen molar-refractivity contribution in [2.75, 3.05) is 7.11 Å². The summed E-state index contributed by atoms with van der Waals surface area (Å²) in [6.45, 7) is 7.01. The van der Waals surface area contributed by atoms with Crippen LogP contribution in [0.25, 0.3) is 32.7 Å². The minimum Gasteiger partial charge on any atom is -0.496 e. The van der Waals surface area contributed by atoms with Crippen LogP contribution in [0, 0.1) is 16.7 Å². The van der Waals surface area contributed by atoms with Gasteiger partial charge in [-0.15, -0.1) is 0 Å². The number of ether oxygens (including phenoxy) is 2. The number of carbonyl (C=O) groups is 1. The molecule has 3 heteroatoms. The number of fused-ring (bicyclic) bond motifs is 4. The molecule has 178 valence electrons. The third-order valence-corrected chi connectivity index (χ3v) is 9.47. The van der Waals surface area contributed by atoms with Gasteiger partial charge in [0.1, 0.15) is 11.9 Å². The summed E-state index contributed by atoms with van der Waals surface area (Å²) in [6, 6.07) is 24.5. The number of hydrogen-bond acceptors (Lipinski definition) is 3. The van der Waals surface area contributed by atoms with Gasteiger partial charge in [-0.05, 0) is 64.3 Å². The van der Waals surface area contributed by atoms with Crippen molar-refractivity contribution in [2.24, 2.45) is 16.7 Å². The molecule has 3 nitrogen and oxygen atoms in total. The summed E-state index contributed by atoms with van der Waals surface area (Å²) in [5.74, 6) is 1.12. The molecule has 2 fully saturated rings. The Hall–Kier alpha value is -3.33. The first-order valence-corrected chi connectivity index (χ1v) is 12.6. The van der Waals surface area contributed by atoms with Crippen LogP contribution in [0.4, 0.5) is 0 Å². The normalized spacial score (nSPS) is 24.7. The van der Waals surface area contributed by atoms with Crippen molar-refractivity contribution in [3.8, 4) is 16.9 Å². The second-order valence-corrected chi connectivity index (χ2v) is 11.1. The molecular formula is C32H32O3. The van der Waals surface area contributed by atoms with Gasteiger partial charge in [0.25, 0.3) is 0 Å². The van der Waals surface area contributed by atoms with Crippen molar-refractivity contribution in [2.45, 2.75) is 46.1 Å². The van der Waals surface area contributed by atoms with E-state index < -0.39 is 0 Å². The van der Waals surface area contributed by atoms with Crippen molar-refractivity contribution >= 4 is 27.5 Å². The molecule has 0 heterocycles. The van der Waals surface area contributed by atoms with Gasteiger partial charge in [-0.1, -0.05) is 81.4 Å². The monoisotopic (exact) mass is 464 g/mol. The summed E-state index contributed by atoms with van der Waals surface area (Å²) in [5, 5.41) is 4.28. The van der Waals surface area contributed by atoms with E-state index in [9.17, 15) is 4.79 Å². The van der Waals surface area contributed by atoms with E-state index in [2.05, 4.69) is 51.1 Å². The number of carbonyl (C=O) groups excluding carboxylic acids is 1. The van der Waals surface area contributed by atoms with Gasteiger partial charge < -0.3 is 9.47 Å². The van der Waals surface area contributed by atoms with Crippen LogP contribution in [0.1, 0.15) is 50.4 Å². The minimum atomic E-state index is -0.240. The quantitative estimate of drug-likeness (QED) is 0.287. The molecule has 0 aromatic heterocycles. The molecule has 35 heavy (non-hydrogen) atoms. The lowest BCUT2D eigenvalue weighted by atomic mass is 9.70. The van der Waals surface area contributed by atoms with E-state index >= 15 is 0 Å². The molecule has 2 aliphatic rings. The van der Waals surface area contributed by atoms with E-state index in [4.69, 9.17) is 9.47 Å². The molecule has 3 atom stereocenters. The molecule has 0 aliphatic heterocycles. The summed E-state index contributed by atoms with van der Waals surface area (Å²) in [5.41, 5.74) is 2.62. The van der Waals surface area contributed by atoms with Gasteiger partial charge in [-0.3, -0.25) is 0 Å². The highest BCUT2D eigenvalue weighted by Gasteiger charge is 2.62. The fourth-order valence-corrected chi connectivity index (χ4v) is 6.89. The van der Waals surface area contributed by atoms with Crippen LogP contribution in [0.2, 0.25) is 0 Å². The van der Waals surface area contributed by atoms with Crippen LogP contribution in [-0.4, -0.2) is 19.2 Å². The largest absolute Gasteiger partial charge is 0.496 e. The Kier molecular flexibility index (Phi) is 4.96. The summed E-state index contributed by atoms with van der Waals surface area (Å²) in [7, 11) is 1.69. The Morgan fingerprint density at radius 2 is 1.46 bits per heavy atom. The highest BCUT2D eigenvalue weighted by Crippen LogP contribution is 2.66. The molecule has 4 aromatic rings. The van der Waals surface area contributed by atoms with Gasteiger partial charge in [0.05, 0.1) is 12.7 Å². The Bertz CT molecular complexity index is 1470. The number of benzene rings is 4. The Morgan fingerprint density at radius 1 is 0.829 bits per heavy atom. The Morgan fingerprint density at radius 3 is 2.06 bits per heavy atom. The number of rotatable bonds is 4. The summed E-state index contributed by atoms with van der Waals surface area (Å²) < 4.78 is 12.2. The number of hydrogen-bond donors (Lipinski definition) is 0. The van der Waals surface area contributed by atoms with Crippen molar-refractivity contribution in [1.82, 2.24) is 0 Å². The van der Waals surface area contributed by atoms with E-state index in [-0.39, 0.29) is 22.9 Å².